The first kappa shape index (κ1) is 84.3. The van der Waals surface area contributed by atoms with Crippen LogP contribution in [0.5, 0.6) is 0 Å². The Kier molecular flexibility index (Phi) is 29.8. The quantitative estimate of drug-likeness (QED) is 0.0704. The number of benzene rings is 8. The maximum absolute atomic E-state index is 13.9. The number of pyridine rings is 4. The van der Waals surface area contributed by atoms with Crippen molar-refractivity contribution < 1.29 is 28.0 Å². The minimum Gasteiger partial charge on any atom is -0.340 e. The molecule has 0 saturated carbocycles. The fraction of sp³-hybridized carbons (Fsp3) is 0.0952. The molecule has 554 valence electrons. The number of rotatable bonds is 16. The Labute approximate surface area is 693 Å². The molecule has 0 saturated heterocycles. The van der Waals surface area contributed by atoms with E-state index in [2.05, 4.69) is 101 Å². The van der Waals surface area contributed by atoms with Gasteiger partial charge in [0, 0.05) is 70.5 Å². The molecule has 0 aliphatic rings. The molecule has 0 aliphatic heterocycles. The van der Waals surface area contributed by atoms with Gasteiger partial charge in [0.25, 0.3) is 23.6 Å². The molecule has 8 aromatic carbocycles. The monoisotopic (exact) mass is 1780 g/mol. The van der Waals surface area contributed by atoms with Crippen LogP contribution in [0.25, 0.3) is 0 Å². The van der Waals surface area contributed by atoms with Crippen molar-refractivity contribution in [1.29, 1.82) is 21.0 Å². The molecule has 1 unspecified atom stereocenters. The van der Waals surface area contributed by atoms with Crippen LogP contribution in [0.15, 0.2) is 244 Å². The highest BCUT2D eigenvalue weighted by Crippen LogP contribution is 2.34. The van der Waals surface area contributed by atoms with Crippen molar-refractivity contribution in [3.63, 3.8) is 0 Å². The second-order valence-corrected chi connectivity index (χ2v) is 29.8. The van der Waals surface area contributed by atoms with Gasteiger partial charge in [-0.2, -0.15) is 21.0 Å². The van der Waals surface area contributed by atoms with Gasteiger partial charge in [0.05, 0.1) is 95.4 Å². The molecule has 0 fully saturated rings. The van der Waals surface area contributed by atoms with Gasteiger partial charge in [0.1, 0.15) is 29.3 Å². The summed E-state index contributed by atoms with van der Waals surface area (Å²) in [5, 5.41) is 50.4. The molecule has 4 N–H and O–H groups in total. The standard InChI is InChI=1S/C23H20ClN3O.C21H14BrCl2N3O.C20H11BrCl2FN3O.C20H12BrClFN3O/c1-15-4-11-21(26-14-15)23(3,19-7-9-20(24)10-8-19)27-22(28)17-5-6-18(13-25)16(2)12-17;1-12-8-14(2-3-15(12)10-25)21(28)27-20(19-7-5-16(22)11-26-19)13-4-6-17(23)18(24)9-13;21-14-4-6-18(26-10-14)19(11-3-5-15(22)16(23)7-11)27-20(28)12-1-2-13(9-25)17(24)8-12;21-15-5-8-18(25-11-15)19(12-3-6-16(22)7-4-12)26-20(27)13-1-2-14(10-24)17(23)9-13/h4-12,14H,1-3H3,(H,27,28);2-9,11,20H,1H3,(H,27,28);1-8,10,19H,(H,27,28);1-9,11,19H,(H,26,27)/t;20-;2*19-/m.111/s1. The molecule has 16 nitrogen and oxygen atoms in total. The molecule has 111 heavy (non-hydrogen) atoms. The molecule has 4 atom stereocenters. The maximum atomic E-state index is 13.9. The third-order valence-corrected chi connectivity index (χ3v) is 20.2. The van der Waals surface area contributed by atoms with Crippen LogP contribution in [0.4, 0.5) is 8.78 Å². The first-order chi connectivity index (χ1) is 53.1. The largest absolute Gasteiger partial charge is 0.340 e. The number of nitriles is 4. The minimum absolute atomic E-state index is 0.0821. The van der Waals surface area contributed by atoms with E-state index in [1.54, 1.807) is 171 Å². The summed E-state index contributed by atoms with van der Waals surface area (Å²) in [6.45, 7) is 7.49. The predicted octanol–water partition coefficient (Wildman–Crippen LogP) is 21.5. The summed E-state index contributed by atoms with van der Waals surface area (Å²) in [6.07, 6.45) is 6.68. The Bertz CT molecular complexity index is 5350. The van der Waals surface area contributed by atoms with E-state index >= 15 is 0 Å². The molecule has 12 rings (SSSR count). The number of aryl methyl sites for hydroxylation is 3. The van der Waals surface area contributed by atoms with Crippen molar-refractivity contribution in [2.75, 3.05) is 0 Å². The molecule has 27 heteroatoms. The lowest BCUT2D eigenvalue weighted by Crippen LogP contribution is -2.45. The van der Waals surface area contributed by atoms with E-state index in [0.29, 0.717) is 75.0 Å². The first-order valence-electron chi connectivity index (χ1n) is 32.9. The number of amides is 4. The summed E-state index contributed by atoms with van der Waals surface area (Å²) in [5.41, 5.74) is 9.27. The van der Waals surface area contributed by atoms with Crippen LogP contribution in [0.1, 0.15) is 150 Å². The molecule has 0 radical (unpaired) electrons. The molecule has 4 amide bonds. The highest BCUT2D eigenvalue weighted by Gasteiger charge is 2.33. The highest BCUT2D eigenvalue weighted by atomic mass is 79.9. The lowest BCUT2D eigenvalue weighted by Gasteiger charge is -2.31. The van der Waals surface area contributed by atoms with E-state index in [1.807, 2.05) is 63.2 Å². The van der Waals surface area contributed by atoms with E-state index in [9.17, 15) is 28.0 Å². The molecule has 0 bridgehead atoms. The second-order valence-electron chi connectivity index (χ2n) is 24.5. The van der Waals surface area contributed by atoms with Crippen molar-refractivity contribution in [3.05, 3.63) is 392 Å². The molecule has 12 aromatic rings. The van der Waals surface area contributed by atoms with Crippen molar-refractivity contribution in [2.24, 2.45) is 0 Å². The smallest absolute Gasteiger partial charge is 0.252 e. The summed E-state index contributed by atoms with van der Waals surface area (Å²) in [7, 11) is 0. The molecule has 4 aromatic heterocycles. The minimum atomic E-state index is -0.850. The first-order valence-corrected chi connectivity index (χ1v) is 37.6. The van der Waals surface area contributed by atoms with E-state index in [-0.39, 0.29) is 34.1 Å². The van der Waals surface area contributed by atoms with Crippen LogP contribution in [0.2, 0.25) is 30.1 Å². The lowest BCUT2D eigenvalue weighted by molar-refractivity contribution is 0.0913. The third kappa shape index (κ3) is 22.5. The van der Waals surface area contributed by atoms with Gasteiger partial charge in [0.2, 0.25) is 0 Å². The Morgan fingerprint density at radius 1 is 0.387 bits per heavy atom. The van der Waals surface area contributed by atoms with E-state index in [0.717, 1.165) is 64.6 Å². The van der Waals surface area contributed by atoms with Gasteiger partial charge in [-0.3, -0.25) is 39.1 Å². The predicted molar refractivity (Wildman–Crippen MR) is 436 cm³/mol. The van der Waals surface area contributed by atoms with Crippen molar-refractivity contribution >= 4 is 141 Å². The van der Waals surface area contributed by atoms with Gasteiger partial charge < -0.3 is 21.3 Å². The summed E-state index contributed by atoms with van der Waals surface area (Å²) < 4.78 is 30.2. The van der Waals surface area contributed by atoms with E-state index in [1.165, 1.54) is 24.3 Å². The van der Waals surface area contributed by atoms with Crippen molar-refractivity contribution in [2.45, 2.75) is 51.4 Å². The Hall–Kier alpha value is -10.8. The zero-order valence-corrected chi connectivity index (χ0v) is 67.8. The van der Waals surface area contributed by atoms with Crippen molar-refractivity contribution in [3.8, 4) is 24.3 Å². The maximum Gasteiger partial charge on any atom is 0.252 e. The second kappa shape index (κ2) is 39.2. The van der Waals surface area contributed by atoms with Crippen LogP contribution < -0.4 is 21.3 Å². The number of hydrogen-bond acceptors (Lipinski definition) is 12. The molecule has 0 spiro atoms. The lowest BCUT2D eigenvalue weighted by atomic mass is 9.87. The van der Waals surface area contributed by atoms with Gasteiger partial charge in [-0.15, -0.1) is 0 Å². The van der Waals surface area contributed by atoms with Gasteiger partial charge in [-0.25, -0.2) is 8.78 Å². The SMILES string of the molecule is Cc1cc(C(=O)N[C@H](c2ccc(Cl)c(Cl)c2)c2ccc(Br)cn2)ccc1C#N.Cc1ccc(C(C)(NC(=O)c2ccc(C#N)c(C)c2)c2ccc(Cl)cc2)nc1.N#Cc1ccc(C(=O)N[C@H](c2ccc(Cl)c(Cl)c2)c2ccc(Br)cn2)cc1F.N#Cc1ccc(C(=O)N[C@H](c2ccc(Cl)cc2)c2ccc(Br)cn2)cc1F. The zero-order valence-electron chi connectivity index (χ0n) is 58.5. The number of halogens is 11. The van der Waals surface area contributed by atoms with Gasteiger partial charge in [-0.05, 0) is 278 Å². The average molecular weight is 1790 g/mol. The molecule has 0 aliphatic carbocycles. The molecule has 4 heterocycles. The highest BCUT2D eigenvalue weighted by molar-refractivity contribution is 9.11. The van der Waals surface area contributed by atoms with Crippen LogP contribution in [0.3, 0.4) is 0 Å². The number of nitrogens with zero attached hydrogens (tertiary/aromatic N) is 8. The average Bonchev–Trinajstić information content (AvgIpc) is 0.777. The number of hydrogen-bond donors (Lipinski definition) is 4. The van der Waals surface area contributed by atoms with Crippen LogP contribution >= 0.6 is 117 Å². The van der Waals surface area contributed by atoms with Crippen LogP contribution in [0, 0.1) is 77.7 Å². The number of carbonyl (C=O) groups excluding carboxylic acids is 4. The van der Waals surface area contributed by atoms with Crippen molar-refractivity contribution in [1.82, 2.24) is 41.2 Å². The fourth-order valence-electron chi connectivity index (χ4n) is 10.8. The number of nitrogens with one attached hydrogen (secondary N) is 4. The third-order valence-electron chi connectivity index (χ3n) is 16.9. The van der Waals surface area contributed by atoms with E-state index < -0.39 is 47.1 Å². The number of aromatic nitrogens is 4. The van der Waals surface area contributed by atoms with Gasteiger partial charge in [-0.1, -0.05) is 112 Å². The molecular weight excluding hydrogens is 1730 g/mol. The Morgan fingerprint density at radius 2 is 0.739 bits per heavy atom. The van der Waals surface area contributed by atoms with E-state index in [4.69, 9.17) is 90.7 Å². The van der Waals surface area contributed by atoms with Gasteiger partial charge in [0.15, 0.2) is 0 Å². The topological polar surface area (TPSA) is 263 Å². The summed E-state index contributed by atoms with van der Waals surface area (Å²) in [5.74, 6) is -3.04. The molecular formula is C84H57Br3Cl6F2N12O4. The Balaban J connectivity index is 0.000000170. The Morgan fingerprint density at radius 3 is 1.07 bits per heavy atom. The number of carbonyl (C=O) groups is 4. The zero-order chi connectivity index (χ0) is 80.2. The summed E-state index contributed by atoms with van der Waals surface area (Å²) in [6, 6.07) is 62.6. The van der Waals surface area contributed by atoms with Crippen LogP contribution in [-0.4, -0.2) is 43.6 Å². The normalized spacial score (nSPS) is 11.8. The fourth-order valence-corrected chi connectivity index (χ4v) is 12.4. The summed E-state index contributed by atoms with van der Waals surface area (Å²) >= 11 is 46.3. The van der Waals surface area contributed by atoms with Crippen LogP contribution in [-0.2, 0) is 5.54 Å². The van der Waals surface area contributed by atoms with Gasteiger partial charge >= 0.3 is 0 Å². The summed E-state index contributed by atoms with van der Waals surface area (Å²) in [4.78, 5) is 69.0.